The lowest BCUT2D eigenvalue weighted by atomic mass is 10.1. The van der Waals surface area contributed by atoms with Crippen LogP contribution in [-0.2, 0) is 22.6 Å². The highest BCUT2D eigenvalue weighted by molar-refractivity contribution is 6.02. The van der Waals surface area contributed by atoms with E-state index in [0.717, 1.165) is 28.4 Å². The van der Waals surface area contributed by atoms with E-state index in [-0.39, 0.29) is 34.4 Å². The number of halogens is 2. The molecule has 0 fully saturated rings. The minimum atomic E-state index is -3.19. The largest absolute Gasteiger partial charge is 0.493 e. The Labute approximate surface area is 191 Å². The molecule has 0 unspecified atom stereocenters. The van der Waals surface area contributed by atoms with E-state index in [9.17, 15) is 28.0 Å². The highest BCUT2D eigenvalue weighted by Crippen LogP contribution is 2.35. The second-order valence-corrected chi connectivity index (χ2v) is 6.90. The third-order valence-corrected chi connectivity index (χ3v) is 4.95. The van der Waals surface area contributed by atoms with Gasteiger partial charge in [-0.3, -0.25) is 18.7 Å². The van der Waals surface area contributed by atoms with Gasteiger partial charge in [-0.15, -0.1) is 0 Å². The van der Waals surface area contributed by atoms with Gasteiger partial charge in [0.15, 0.2) is 11.5 Å². The number of carbonyl (C=O) groups is 2. The molecule has 1 amide bonds. The fourth-order valence-corrected chi connectivity index (χ4v) is 3.43. The molecule has 3 aromatic rings. The summed E-state index contributed by atoms with van der Waals surface area (Å²) in [5.41, 5.74) is -1.34. The summed E-state index contributed by atoms with van der Waals surface area (Å²) in [7, 11) is 2.29. The van der Waals surface area contributed by atoms with Crippen molar-refractivity contribution >= 4 is 28.5 Å². The number of hydrogen-bond donors (Lipinski definition) is 1. The van der Waals surface area contributed by atoms with Crippen LogP contribution in [0.15, 0.2) is 46.0 Å². The van der Waals surface area contributed by atoms with Crippen LogP contribution in [0, 0.1) is 0 Å². The van der Waals surface area contributed by atoms with Crippen LogP contribution in [0.3, 0.4) is 0 Å². The Morgan fingerprint density at radius 2 is 1.76 bits per heavy atom. The van der Waals surface area contributed by atoms with Crippen molar-refractivity contribution in [3.63, 3.8) is 0 Å². The van der Waals surface area contributed by atoms with Crippen LogP contribution < -0.4 is 26.0 Å². The second kappa shape index (κ2) is 10.1. The summed E-state index contributed by atoms with van der Waals surface area (Å²) in [6, 6.07) is 8.36. The van der Waals surface area contributed by atoms with Gasteiger partial charge in [-0.1, -0.05) is 12.1 Å². The van der Waals surface area contributed by atoms with Gasteiger partial charge in [-0.05, 0) is 19.1 Å². The Morgan fingerprint density at radius 3 is 2.38 bits per heavy atom. The molecule has 0 aliphatic heterocycles. The Balaban J connectivity index is 2.05. The summed E-state index contributed by atoms with van der Waals surface area (Å²) in [5, 5.41) is 2.66. The maximum Gasteiger partial charge on any atom is 0.387 e. The number of amides is 1. The first-order valence-electron chi connectivity index (χ1n) is 9.99. The van der Waals surface area contributed by atoms with Crippen LogP contribution in [-0.4, -0.2) is 41.8 Å². The van der Waals surface area contributed by atoms with Gasteiger partial charge in [0, 0.05) is 18.7 Å². The van der Waals surface area contributed by atoms with Crippen molar-refractivity contribution < 1.29 is 32.6 Å². The molecule has 12 heteroatoms. The van der Waals surface area contributed by atoms with Crippen LogP contribution in [0.2, 0.25) is 0 Å². The van der Waals surface area contributed by atoms with Gasteiger partial charge in [-0.25, -0.2) is 9.59 Å². The summed E-state index contributed by atoms with van der Waals surface area (Å²) in [6.07, 6.45) is 0. The molecule has 1 heterocycles. The second-order valence-electron chi connectivity index (χ2n) is 6.90. The van der Waals surface area contributed by atoms with E-state index in [1.54, 1.807) is 19.1 Å². The first kappa shape index (κ1) is 24.4. The quantitative estimate of drug-likeness (QED) is 0.495. The number of nitrogens with one attached hydrogen (secondary N) is 1. The van der Waals surface area contributed by atoms with E-state index in [4.69, 9.17) is 4.74 Å². The van der Waals surface area contributed by atoms with Crippen molar-refractivity contribution in [1.82, 2.24) is 9.13 Å². The predicted octanol–water partition coefficient (Wildman–Crippen LogP) is 2.22. The predicted molar refractivity (Wildman–Crippen MR) is 118 cm³/mol. The van der Waals surface area contributed by atoms with Crippen molar-refractivity contribution in [3.05, 3.63) is 62.8 Å². The first-order valence-corrected chi connectivity index (χ1v) is 9.99. The molecule has 0 atom stereocenters. The molecule has 10 nitrogen and oxygen atoms in total. The van der Waals surface area contributed by atoms with Crippen LogP contribution in [0.25, 0.3) is 10.9 Å². The number of esters is 1. The molecule has 0 saturated heterocycles. The molecule has 0 aliphatic rings. The average Bonchev–Trinajstić information content (AvgIpc) is 2.81. The van der Waals surface area contributed by atoms with Gasteiger partial charge in [0.05, 0.1) is 36.4 Å². The number of ether oxygens (including phenoxy) is 3. The van der Waals surface area contributed by atoms with Crippen LogP contribution in [0.4, 0.5) is 14.5 Å². The molecule has 2 aromatic carbocycles. The number of methoxy groups -OCH3 is 2. The number of fused-ring (bicyclic) bond motifs is 1. The van der Waals surface area contributed by atoms with Gasteiger partial charge < -0.3 is 19.5 Å². The fourth-order valence-electron chi connectivity index (χ4n) is 3.43. The third kappa shape index (κ3) is 4.75. The van der Waals surface area contributed by atoms with Crippen molar-refractivity contribution in [2.75, 3.05) is 19.5 Å². The molecule has 0 radical (unpaired) electrons. The normalized spacial score (nSPS) is 10.9. The summed E-state index contributed by atoms with van der Waals surface area (Å²) < 4.78 is 41.8. The number of carbonyl (C=O) groups excluding carboxylic acids is 2. The fraction of sp³-hybridized carbons (Fsp3) is 0.273. The Morgan fingerprint density at radius 1 is 1.06 bits per heavy atom. The number of anilines is 1. The zero-order valence-corrected chi connectivity index (χ0v) is 18.5. The van der Waals surface area contributed by atoms with E-state index in [2.05, 4.69) is 14.8 Å². The molecule has 1 N–H and O–H groups in total. The first-order chi connectivity index (χ1) is 16.2. The van der Waals surface area contributed by atoms with Gasteiger partial charge in [0.2, 0.25) is 5.91 Å². The molecule has 0 saturated carbocycles. The molecule has 0 spiro atoms. The lowest BCUT2D eigenvalue weighted by Gasteiger charge is -2.17. The monoisotopic (exact) mass is 477 g/mol. The molecular weight excluding hydrogens is 456 g/mol. The van der Waals surface area contributed by atoms with Crippen LogP contribution >= 0.6 is 0 Å². The van der Waals surface area contributed by atoms with Crippen molar-refractivity contribution in [2.45, 2.75) is 26.6 Å². The standard InChI is InChI=1S/C22H21F2N3O7/c1-4-26-19(29)12-7-5-6-8-15(12)27(22(26)31)11-18(28)25-14-10-17(34-21(23)24)16(32-2)9-13(14)20(30)33-3/h5-10,21H,4,11H2,1-3H3,(H,25,28). The Hall–Kier alpha value is -4.22. The Bertz CT molecular complexity index is 1370. The number of rotatable bonds is 8. The lowest BCUT2D eigenvalue weighted by molar-refractivity contribution is -0.116. The zero-order chi connectivity index (χ0) is 25.0. The average molecular weight is 477 g/mol. The SMILES string of the molecule is CCn1c(=O)c2ccccc2n(CC(=O)Nc2cc(OC(F)F)c(OC)cc2C(=O)OC)c1=O. The van der Waals surface area contributed by atoms with Crippen molar-refractivity contribution in [1.29, 1.82) is 0 Å². The van der Waals surface area contributed by atoms with Gasteiger partial charge in [0.1, 0.15) is 6.54 Å². The van der Waals surface area contributed by atoms with E-state index in [0.29, 0.717) is 0 Å². The van der Waals surface area contributed by atoms with Crippen LogP contribution in [0.1, 0.15) is 17.3 Å². The number of aromatic nitrogens is 2. The molecule has 0 aliphatic carbocycles. The van der Waals surface area contributed by atoms with Crippen molar-refractivity contribution in [2.24, 2.45) is 0 Å². The minimum absolute atomic E-state index is 0.0867. The molecular formula is C22H21F2N3O7. The number of benzene rings is 2. The topological polar surface area (TPSA) is 118 Å². The zero-order valence-electron chi connectivity index (χ0n) is 18.5. The van der Waals surface area contributed by atoms with E-state index in [1.165, 1.54) is 19.2 Å². The minimum Gasteiger partial charge on any atom is -0.493 e. The summed E-state index contributed by atoms with van der Waals surface area (Å²) >= 11 is 0. The summed E-state index contributed by atoms with van der Waals surface area (Å²) in [5.74, 6) is -2.26. The summed E-state index contributed by atoms with van der Waals surface area (Å²) in [6.45, 7) is -2.02. The van der Waals surface area contributed by atoms with Crippen molar-refractivity contribution in [3.8, 4) is 11.5 Å². The van der Waals surface area contributed by atoms with Gasteiger partial charge in [-0.2, -0.15) is 8.78 Å². The maximum atomic E-state index is 12.9. The molecule has 180 valence electrons. The lowest BCUT2D eigenvalue weighted by Crippen LogP contribution is -2.41. The molecule has 0 bridgehead atoms. The van der Waals surface area contributed by atoms with Crippen LogP contribution in [0.5, 0.6) is 11.5 Å². The third-order valence-electron chi connectivity index (χ3n) is 4.95. The van der Waals surface area contributed by atoms with E-state index < -0.39 is 42.0 Å². The molecule has 34 heavy (non-hydrogen) atoms. The highest BCUT2D eigenvalue weighted by atomic mass is 19.3. The number of alkyl halides is 2. The van der Waals surface area contributed by atoms with Gasteiger partial charge in [0.25, 0.3) is 5.56 Å². The van der Waals surface area contributed by atoms with E-state index in [1.807, 2.05) is 0 Å². The number of hydrogen-bond acceptors (Lipinski definition) is 7. The molecule has 3 rings (SSSR count). The van der Waals surface area contributed by atoms with E-state index >= 15 is 0 Å². The molecule has 1 aromatic heterocycles. The van der Waals surface area contributed by atoms with Gasteiger partial charge >= 0.3 is 18.3 Å². The number of para-hydroxylation sites is 1. The highest BCUT2D eigenvalue weighted by Gasteiger charge is 2.22. The summed E-state index contributed by atoms with van der Waals surface area (Å²) in [4.78, 5) is 50.5. The maximum absolute atomic E-state index is 12.9. The smallest absolute Gasteiger partial charge is 0.387 e. The Kier molecular flexibility index (Phi) is 7.29. The number of nitrogens with zero attached hydrogens (tertiary/aromatic N) is 2.